The molecule has 5 nitrogen and oxygen atoms in total. The summed E-state index contributed by atoms with van der Waals surface area (Å²) in [7, 11) is -3.72. The third kappa shape index (κ3) is 5.17. The van der Waals surface area contributed by atoms with Crippen molar-refractivity contribution in [3.8, 4) is 0 Å². The highest BCUT2D eigenvalue weighted by Gasteiger charge is 2.23. The highest BCUT2D eigenvalue weighted by molar-refractivity contribution is 7.89. The Morgan fingerprint density at radius 1 is 1.04 bits per heavy atom. The summed E-state index contributed by atoms with van der Waals surface area (Å²) >= 11 is 0. The largest absolute Gasteiger partial charge is 0.349 e. The summed E-state index contributed by atoms with van der Waals surface area (Å²) in [5.41, 5.74) is 1.29. The minimum Gasteiger partial charge on any atom is -0.349 e. The first kappa shape index (κ1) is 20.5. The van der Waals surface area contributed by atoms with Gasteiger partial charge in [-0.05, 0) is 60.7 Å². The number of carbonyl (C=O) groups is 1. The van der Waals surface area contributed by atoms with Crippen LogP contribution in [0.5, 0.6) is 0 Å². The van der Waals surface area contributed by atoms with Crippen LogP contribution in [0.2, 0.25) is 0 Å². The fourth-order valence-electron chi connectivity index (χ4n) is 3.43. The predicted molar refractivity (Wildman–Crippen MR) is 106 cm³/mol. The van der Waals surface area contributed by atoms with Gasteiger partial charge in [0, 0.05) is 18.2 Å². The van der Waals surface area contributed by atoms with E-state index in [4.69, 9.17) is 0 Å². The number of sulfonamides is 1. The maximum Gasteiger partial charge on any atom is 0.251 e. The van der Waals surface area contributed by atoms with Crippen LogP contribution in [-0.2, 0) is 16.6 Å². The van der Waals surface area contributed by atoms with Crippen LogP contribution < -0.4 is 10.0 Å². The second-order valence-corrected chi connectivity index (χ2v) is 9.08. The van der Waals surface area contributed by atoms with Gasteiger partial charge < -0.3 is 5.32 Å². The van der Waals surface area contributed by atoms with Gasteiger partial charge in [-0.1, -0.05) is 31.9 Å². The van der Waals surface area contributed by atoms with Gasteiger partial charge in [0.1, 0.15) is 5.82 Å². The highest BCUT2D eigenvalue weighted by Crippen LogP contribution is 2.24. The third-order valence-electron chi connectivity index (χ3n) is 5.23. The lowest BCUT2D eigenvalue weighted by Crippen LogP contribution is -2.41. The molecule has 150 valence electrons. The molecule has 1 aliphatic rings. The molecule has 1 fully saturated rings. The van der Waals surface area contributed by atoms with E-state index in [0.717, 1.165) is 37.0 Å². The van der Waals surface area contributed by atoms with Crippen LogP contribution >= 0.6 is 0 Å². The van der Waals surface area contributed by atoms with Crippen molar-refractivity contribution in [3.05, 3.63) is 65.5 Å². The molecule has 0 radical (unpaired) electrons. The van der Waals surface area contributed by atoms with Gasteiger partial charge in [-0.3, -0.25) is 4.79 Å². The van der Waals surface area contributed by atoms with E-state index in [9.17, 15) is 17.6 Å². The molecule has 1 amide bonds. The van der Waals surface area contributed by atoms with Crippen LogP contribution in [0.15, 0.2) is 53.4 Å². The van der Waals surface area contributed by atoms with Crippen LogP contribution in [0.4, 0.5) is 4.39 Å². The van der Waals surface area contributed by atoms with Crippen LogP contribution in [-0.4, -0.2) is 20.4 Å². The van der Waals surface area contributed by atoms with Crippen molar-refractivity contribution < 1.29 is 17.6 Å². The van der Waals surface area contributed by atoms with Crippen LogP contribution in [0.1, 0.15) is 48.5 Å². The summed E-state index contributed by atoms with van der Waals surface area (Å²) in [6, 6.07) is 11.7. The molecule has 0 bridgehead atoms. The fraction of sp³-hybridized carbons (Fsp3) is 0.381. The van der Waals surface area contributed by atoms with Gasteiger partial charge in [0.05, 0.1) is 4.90 Å². The van der Waals surface area contributed by atoms with E-state index >= 15 is 0 Å². The van der Waals surface area contributed by atoms with Crippen molar-refractivity contribution in [1.29, 1.82) is 0 Å². The van der Waals surface area contributed by atoms with Crippen molar-refractivity contribution in [1.82, 2.24) is 10.0 Å². The van der Waals surface area contributed by atoms with Crippen LogP contribution in [0, 0.1) is 11.7 Å². The number of hydrogen-bond donors (Lipinski definition) is 2. The maximum absolute atomic E-state index is 13.0. The van der Waals surface area contributed by atoms with Gasteiger partial charge in [0.25, 0.3) is 5.91 Å². The molecule has 1 saturated carbocycles. The number of halogens is 1. The Labute approximate surface area is 165 Å². The molecule has 2 N–H and O–H groups in total. The fourth-order valence-corrected chi connectivity index (χ4v) is 4.45. The lowest BCUT2D eigenvalue weighted by Gasteiger charge is -2.29. The molecule has 2 aromatic rings. The second kappa shape index (κ2) is 8.84. The standard InChI is InChI=1S/C21H25FN2O3S/c1-15-4-2-3-5-20(15)24-21(25)17-8-6-16(7-9-17)14-23-28(26,27)19-12-10-18(22)11-13-19/h6-13,15,20,23H,2-5,14H2,1H3,(H,24,25)/t15-,20-/m0/s1. The normalized spacial score (nSPS) is 19.9. The molecule has 28 heavy (non-hydrogen) atoms. The van der Waals surface area contributed by atoms with Crippen molar-refractivity contribution >= 4 is 15.9 Å². The molecular weight excluding hydrogens is 379 g/mol. The third-order valence-corrected chi connectivity index (χ3v) is 6.65. The Morgan fingerprint density at radius 2 is 1.68 bits per heavy atom. The zero-order valence-corrected chi connectivity index (χ0v) is 16.6. The average molecular weight is 405 g/mol. The first-order valence-corrected chi connectivity index (χ1v) is 11.0. The summed E-state index contributed by atoms with van der Waals surface area (Å²) in [6.45, 7) is 2.25. The van der Waals surface area contributed by atoms with Gasteiger partial charge in [-0.2, -0.15) is 0 Å². The lowest BCUT2D eigenvalue weighted by atomic mass is 9.86. The Bertz CT molecular complexity index is 912. The number of hydrogen-bond acceptors (Lipinski definition) is 3. The van der Waals surface area contributed by atoms with E-state index in [1.165, 1.54) is 18.6 Å². The van der Waals surface area contributed by atoms with E-state index in [-0.39, 0.29) is 23.4 Å². The SMILES string of the molecule is C[C@H]1CCCC[C@@H]1NC(=O)c1ccc(CNS(=O)(=O)c2ccc(F)cc2)cc1. The monoisotopic (exact) mass is 404 g/mol. The Kier molecular flexibility index (Phi) is 6.46. The Hall–Kier alpha value is -2.25. The van der Waals surface area contributed by atoms with E-state index < -0.39 is 15.8 Å². The molecule has 0 aromatic heterocycles. The summed E-state index contributed by atoms with van der Waals surface area (Å²) < 4.78 is 39.9. The summed E-state index contributed by atoms with van der Waals surface area (Å²) in [5, 5.41) is 3.11. The molecule has 1 aliphatic carbocycles. The van der Waals surface area contributed by atoms with E-state index in [2.05, 4.69) is 17.0 Å². The maximum atomic E-state index is 13.0. The Morgan fingerprint density at radius 3 is 2.32 bits per heavy atom. The Balaban J connectivity index is 1.58. The molecule has 0 heterocycles. The van der Waals surface area contributed by atoms with Crippen molar-refractivity contribution in [2.75, 3.05) is 0 Å². The smallest absolute Gasteiger partial charge is 0.251 e. The van der Waals surface area contributed by atoms with E-state index in [0.29, 0.717) is 11.5 Å². The molecule has 0 saturated heterocycles. The van der Waals surface area contributed by atoms with E-state index in [1.54, 1.807) is 24.3 Å². The minimum atomic E-state index is -3.72. The zero-order chi connectivity index (χ0) is 20.1. The summed E-state index contributed by atoms with van der Waals surface area (Å²) in [4.78, 5) is 12.5. The number of benzene rings is 2. The molecule has 3 rings (SSSR count). The molecule has 7 heteroatoms. The predicted octanol–water partition coefficient (Wildman–Crippen LogP) is 3.61. The van der Waals surface area contributed by atoms with Crippen molar-refractivity contribution in [3.63, 3.8) is 0 Å². The van der Waals surface area contributed by atoms with Gasteiger partial charge >= 0.3 is 0 Å². The molecule has 2 atom stereocenters. The van der Waals surface area contributed by atoms with Crippen molar-refractivity contribution in [2.45, 2.75) is 50.1 Å². The first-order chi connectivity index (χ1) is 13.3. The van der Waals surface area contributed by atoms with E-state index in [1.807, 2.05) is 0 Å². The first-order valence-electron chi connectivity index (χ1n) is 9.50. The van der Waals surface area contributed by atoms with Gasteiger partial charge in [0.15, 0.2) is 0 Å². The van der Waals surface area contributed by atoms with Crippen LogP contribution in [0.3, 0.4) is 0 Å². The number of amides is 1. The second-order valence-electron chi connectivity index (χ2n) is 7.32. The molecule has 0 spiro atoms. The number of nitrogens with one attached hydrogen (secondary N) is 2. The lowest BCUT2D eigenvalue weighted by molar-refractivity contribution is 0.0910. The minimum absolute atomic E-state index is 0.00602. The van der Waals surface area contributed by atoms with Gasteiger partial charge in [0.2, 0.25) is 10.0 Å². The molecule has 0 unspecified atom stereocenters. The molecule has 2 aromatic carbocycles. The topological polar surface area (TPSA) is 75.3 Å². The number of carbonyl (C=O) groups excluding carboxylic acids is 1. The molecule has 0 aliphatic heterocycles. The van der Waals surface area contributed by atoms with Crippen LogP contribution in [0.25, 0.3) is 0 Å². The highest BCUT2D eigenvalue weighted by atomic mass is 32.2. The zero-order valence-electron chi connectivity index (χ0n) is 15.8. The number of rotatable bonds is 6. The summed E-state index contributed by atoms with van der Waals surface area (Å²) in [5.74, 6) is -0.106. The quantitative estimate of drug-likeness (QED) is 0.772. The summed E-state index contributed by atoms with van der Waals surface area (Å²) in [6.07, 6.45) is 4.51. The van der Waals surface area contributed by atoms with Crippen molar-refractivity contribution in [2.24, 2.45) is 5.92 Å². The average Bonchev–Trinajstić information content (AvgIpc) is 2.69. The van der Waals surface area contributed by atoms with Gasteiger partial charge in [-0.25, -0.2) is 17.5 Å². The molecular formula is C21H25FN2O3S. The van der Waals surface area contributed by atoms with Gasteiger partial charge in [-0.15, -0.1) is 0 Å².